The van der Waals surface area contributed by atoms with Gasteiger partial charge in [-0.1, -0.05) is 6.07 Å². The maximum absolute atomic E-state index is 13.1. The Balaban J connectivity index is 2.77. The molecule has 1 aromatic rings. The number of hydrogen-bond donors (Lipinski definition) is 3. The third-order valence-electron chi connectivity index (χ3n) is 1.71. The molecule has 16 heavy (non-hydrogen) atoms. The fourth-order valence-electron chi connectivity index (χ4n) is 0.953. The molecule has 1 aromatic carbocycles. The smallest absolute Gasteiger partial charge is 0.333 e. The van der Waals surface area contributed by atoms with Crippen LogP contribution < -0.4 is 16.2 Å². The normalized spacial score (nSPS) is 9.44. The van der Waals surface area contributed by atoms with Gasteiger partial charge in [0.05, 0.1) is 0 Å². The second-order valence-corrected chi connectivity index (χ2v) is 2.75. The fraction of sp³-hybridized carbons (Fsp3) is 0.111. The number of halogens is 2. The van der Waals surface area contributed by atoms with Crippen molar-refractivity contribution in [2.75, 3.05) is 7.05 Å². The van der Waals surface area contributed by atoms with Crippen molar-refractivity contribution in [2.24, 2.45) is 0 Å². The number of hydrazine groups is 1. The second kappa shape index (κ2) is 5.06. The molecule has 86 valence electrons. The lowest BCUT2D eigenvalue weighted by atomic mass is 10.2. The van der Waals surface area contributed by atoms with Gasteiger partial charge in [-0.3, -0.25) is 10.2 Å². The lowest BCUT2D eigenvalue weighted by Gasteiger charge is -2.07. The molecule has 0 radical (unpaired) electrons. The van der Waals surface area contributed by atoms with Crippen LogP contribution in [0.2, 0.25) is 0 Å². The second-order valence-electron chi connectivity index (χ2n) is 2.75. The third-order valence-corrected chi connectivity index (χ3v) is 1.71. The van der Waals surface area contributed by atoms with Gasteiger partial charge in [0.25, 0.3) is 5.91 Å². The minimum Gasteiger partial charge on any atom is -0.340 e. The molecule has 3 amide bonds. The first-order chi connectivity index (χ1) is 7.56. The van der Waals surface area contributed by atoms with Crippen molar-refractivity contribution in [1.29, 1.82) is 0 Å². The van der Waals surface area contributed by atoms with E-state index in [1.54, 1.807) is 0 Å². The van der Waals surface area contributed by atoms with Crippen molar-refractivity contribution in [3.63, 3.8) is 0 Å². The molecule has 0 aromatic heterocycles. The third kappa shape index (κ3) is 2.66. The largest absolute Gasteiger partial charge is 0.340 e. The summed E-state index contributed by atoms with van der Waals surface area (Å²) in [4.78, 5) is 22.0. The Morgan fingerprint density at radius 3 is 2.19 bits per heavy atom. The molecule has 0 fully saturated rings. The average molecular weight is 229 g/mol. The van der Waals surface area contributed by atoms with Crippen LogP contribution in [0.4, 0.5) is 13.6 Å². The lowest BCUT2D eigenvalue weighted by Crippen LogP contribution is -2.46. The SMILES string of the molecule is CNC(=O)NNC(=O)c1c(F)cccc1F. The first-order valence-corrected chi connectivity index (χ1v) is 4.28. The monoisotopic (exact) mass is 229 g/mol. The van der Waals surface area contributed by atoms with Crippen molar-refractivity contribution >= 4 is 11.9 Å². The molecule has 0 aliphatic carbocycles. The van der Waals surface area contributed by atoms with Crippen LogP contribution in [-0.2, 0) is 0 Å². The first-order valence-electron chi connectivity index (χ1n) is 4.28. The topological polar surface area (TPSA) is 70.2 Å². The Bertz CT molecular complexity index is 403. The highest BCUT2D eigenvalue weighted by molar-refractivity contribution is 5.95. The van der Waals surface area contributed by atoms with Gasteiger partial charge in [0.15, 0.2) is 0 Å². The summed E-state index contributed by atoms with van der Waals surface area (Å²) in [6.07, 6.45) is 0. The van der Waals surface area contributed by atoms with Gasteiger partial charge in [0, 0.05) is 7.05 Å². The van der Waals surface area contributed by atoms with Crippen molar-refractivity contribution in [3.8, 4) is 0 Å². The highest BCUT2D eigenvalue weighted by Gasteiger charge is 2.16. The van der Waals surface area contributed by atoms with E-state index in [1.165, 1.54) is 7.05 Å². The van der Waals surface area contributed by atoms with E-state index in [9.17, 15) is 18.4 Å². The Morgan fingerprint density at radius 2 is 1.69 bits per heavy atom. The molecule has 0 atom stereocenters. The van der Waals surface area contributed by atoms with Crippen LogP contribution in [0.25, 0.3) is 0 Å². The van der Waals surface area contributed by atoms with E-state index in [-0.39, 0.29) is 0 Å². The molecule has 3 N–H and O–H groups in total. The number of nitrogens with one attached hydrogen (secondary N) is 3. The summed E-state index contributed by atoms with van der Waals surface area (Å²) >= 11 is 0. The van der Waals surface area contributed by atoms with Gasteiger partial charge in [-0.25, -0.2) is 19.0 Å². The molecule has 0 bridgehead atoms. The molecule has 0 spiro atoms. The van der Waals surface area contributed by atoms with Gasteiger partial charge in [-0.2, -0.15) is 0 Å². The Morgan fingerprint density at radius 1 is 1.12 bits per heavy atom. The van der Waals surface area contributed by atoms with Gasteiger partial charge >= 0.3 is 6.03 Å². The van der Waals surface area contributed by atoms with Crippen LogP contribution >= 0.6 is 0 Å². The summed E-state index contributed by atoms with van der Waals surface area (Å²) in [6, 6.07) is 2.31. The number of rotatable bonds is 1. The summed E-state index contributed by atoms with van der Waals surface area (Å²) in [5, 5.41) is 2.15. The lowest BCUT2D eigenvalue weighted by molar-refractivity contribution is 0.0928. The van der Waals surface area contributed by atoms with Gasteiger partial charge in [-0.05, 0) is 12.1 Å². The maximum atomic E-state index is 13.1. The highest BCUT2D eigenvalue weighted by Crippen LogP contribution is 2.11. The van der Waals surface area contributed by atoms with Gasteiger partial charge < -0.3 is 5.32 Å². The molecule has 0 saturated carbocycles. The number of carbonyl (C=O) groups is 2. The van der Waals surface area contributed by atoms with E-state index < -0.39 is 29.1 Å². The number of carbonyl (C=O) groups excluding carboxylic acids is 2. The molecule has 0 heterocycles. The minimum atomic E-state index is -1.07. The predicted molar refractivity (Wildman–Crippen MR) is 51.4 cm³/mol. The van der Waals surface area contributed by atoms with Crippen molar-refractivity contribution in [1.82, 2.24) is 16.2 Å². The average Bonchev–Trinajstić information content (AvgIpc) is 2.25. The molecular weight excluding hydrogens is 220 g/mol. The standard InChI is InChI=1S/C9H9F2N3O2/c1-12-9(16)14-13-8(15)7-5(10)3-2-4-6(7)11/h2-4H,1H3,(H,13,15)(H2,12,14,16). The van der Waals surface area contributed by atoms with Gasteiger partial charge in [-0.15, -0.1) is 0 Å². The fourth-order valence-corrected chi connectivity index (χ4v) is 0.953. The summed E-state index contributed by atoms with van der Waals surface area (Å²) in [5.74, 6) is -3.08. The molecule has 7 heteroatoms. The zero-order chi connectivity index (χ0) is 12.1. The van der Waals surface area contributed by atoms with Gasteiger partial charge in [0.1, 0.15) is 17.2 Å². The van der Waals surface area contributed by atoms with E-state index in [2.05, 4.69) is 5.32 Å². The Labute approximate surface area is 89.8 Å². The number of urea groups is 1. The molecule has 5 nitrogen and oxygen atoms in total. The van der Waals surface area contributed by atoms with Crippen molar-refractivity contribution < 1.29 is 18.4 Å². The number of benzene rings is 1. The van der Waals surface area contributed by atoms with Gasteiger partial charge in [0.2, 0.25) is 0 Å². The molecular formula is C9H9F2N3O2. The molecule has 0 aliphatic heterocycles. The maximum Gasteiger partial charge on any atom is 0.333 e. The van der Waals surface area contributed by atoms with Crippen LogP contribution in [0, 0.1) is 11.6 Å². The van der Waals surface area contributed by atoms with Crippen molar-refractivity contribution in [2.45, 2.75) is 0 Å². The summed E-state index contributed by atoms with van der Waals surface area (Å²) < 4.78 is 26.2. The van der Waals surface area contributed by atoms with E-state index >= 15 is 0 Å². The quantitative estimate of drug-likeness (QED) is 0.615. The highest BCUT2D eigenvalue weighted by atomic mass is 19.1. The van der Waals surface area contributed by atoms with Crippen molar-refractivity contribution in [3.05, 3.63) is 35.4 Å². The van der Waals surface area contributed by atoms with Crippen LogP contribution in [0.1, 0.15) is 10.4 Å². The van der Waals surface area contributed by atoms with Crippen LogP contribution in [-0.4, -0.2) is 19.0 Å². The van der Waals surface area contributed by atoms with E-state index in [0.29, 0.717) is 0 Å². The number of hydrogen-bond acceptors (Lipinski definition) is 2. The summed E-state index contributed by atoms with van der Waals surface area (Å²) in [7, 11) is 1.32. The predicted octanol–water partition coefficient (Wildman–Crippen LogP) is 0.539. The summed E-state index contributed by atoms with van der Waals surface area (Å²) in [6.45, 7) is 0. The first kappa shape index (κ1) is 11.9. The molecule has 0 saturated heterocycles. The van der Waals surface area contributed by atoms with Crippen LogP contribution in [0.5, 0.6) is 0 Å². The van der Waals surface area contributed by atoms with Crippen LogP contribution in [0.3, 0.4) is 0 Å². The zero-order valence-electron chi connectivity index (χ0n) is 8.30. The zero-order valence-corrected chi connectivity index (χ0v) is 8.30. The van der Waals surface area contributed by atoms with E-state index in [4.69, 9.17) is 0 Å². The number of amides is 3. The summed E-state index contributed by atoms with van der Waals surface area (Å²) in [5.41, 5.74) is 3.00. The van der Waals surface area contributed by atoms with E-state index in [1.807, 2.05) is 10.9 Å². The Kier molecular flexibility index (Phi) is 3.76. The van der Waals surface area contributed by atoms with E-state index in [0.717, 1.165) is 18.2 Å². The van der Waals surface area contributed by atoms with Crippen LogP contribution in [0.15, 0.2) is 18.2 Å². The minimum absolute atomic E-state index is 0.704. The Hall–Kier alpha value is -2.18. The molecule has 1 rings (SSSR count). The molecule has 0 unspecified atom stereocenters. The molecule has 0 aliphatic rings.